The summed E-state index contributed by atoms with van der Waals surface area (Å²) >= 11 is 1.43. The van der Waals surface area contributed by atoms with Crippen molar-refractivity contribution in [3.8, 4) is 0 Å². The average Bonchev–Trinajstić information content (AvgIpc) is 2.42. The molecule has 62 valence electrons. The quantitative estimate of drug-likeness (QED) is 0.722. The number of hydrogen-bond donors (Lipinski definition) is 1. The number of aromatic nitrogens is 1. The van der Waals surface area contributed by atoms with Crippen LogP contribution in [0.3, 0.4) is 0 Å². The Morgan fingerprint density at radius 1 is 1.42 bits per heavy atom. The van der Waals surface area contributed by atoms with E-state index in [4.69, 9.17) is 5.73 Å². The Bertz CT molecular complexity index is 323. The summed E-state index contributed by atoms with van der Waals surface area (Å²) in [6, 6.07) is 0. The fraction of sp³-hybridized carbons (Fsp3) is 0. The van der Waals surface area contributed by atoms with E-state index in [1.54, 1.807) is 12.2 Å². The summed E-state index contributed by atoms with van der Waals surface area (Å²) in [5, 5.41) is 0.564. The van der Waals surface area contributed by atoms with E-state index in [-0.39, 0.29) is 0 Å². The van der Waals surface area contributed by atoms with Gasteiger partial charge in [-0.3, -0.25) is 0 Å². The van der Waals surface area contributed by atoms with Crippen LogP contribution in [-0.2, 0) is 0 Å². The predicted molar refractivity (Wildman–Crippen MR) is 55.8 cm³/mol. The van der Waals surface area contributed by atoms with Crippen LogP contribution in [0.5, 0.6) is 0 Å². The first-order valence-corrected chi connectivity index (χ1v) is 4.27. The van der Waals surface area contributed by atoms with Gasteiger partial charge in [0.05, 0.1) is 10.6 Å². The molecule has 1 heterocycles. The lowest BCUT2D eigenvalue weighted by atomic mass is 10.3. The van der Waals surface area contributed by atoms with Gasteiger partial charge in [0.25, 0.3) is 0 Å². The second kappa shape index (κ2) is 3.88. The Kier molecular flexibility index (Phi) is 2.82. The molecule has 0 aliphatic heterocycles. The first-order valence-electron chi connectivity index (χ1n) is 3.45. The summed E-state index contributed by atoms with van der Waals surface area (Å²) in [5.41, 5.74) is 6.38. The molecule has 0 atom stereocenters. The van der Waals surface area contributed by atoms with Crippen LogP contribution >= 0.6 is 11.3 Å². The van der Waals surface area contributed by atoms with Gasteiger partial charge in [-0.15, -0.1) is 0 Å². The summed E-state index contributed by atoms with van der Waals surface area (Å²) in [6.07, 6.45) is 7.12. The highest BCUT2D eigenvalue weighted by Crippen LogP contribution is 2.22. The van der Waals surface area contributed by atoms with E-state index >= 15 is 0 Å². The summed E-state index contributed by atoms with van der Waals surface area (Å²) in [7, 11) is 0. The minimum Gasteiger partial charge on any atom is -0.375 e. The SMILES string of the molecule is C=C/C=C\c1nc(N)sc1C=C. The third kappa shape index (κ3) is 1.83. The molecule has 0 fully saturated rings. The van der Waals surface area contributed by atoms with Gasteiger partial charge in [-0.05, 0) is 12.2 Å². The Morgan fingerprint density at radius 2 is 2.17 bits per heavy atom. The zero-order chi connectivity index (χ0) is 8.97. The van der Waals surface area contributed by atoms with Gasteiger partial charge in [-0.1, -0.05) is 36.6 Å². The first-order chi connectivity index (χ1) is 5.77. The van der Waals surface area contributed by atoms with Crippen molar-refractivity contribution in [2.75, 3.05) is 5.73 Å². The van der Waals surface area contributed by atoms with Crippen LogP contribution in [-0.4, -0.2) is 4.98 Å². The minimum atomic E-state index is 0.564. The molecule has 0 radical (unpaired) electrons. The molecule has 1 aromatic rings. The number of nitrogens with zero attached hydrogens (tertiary/aromatic N) is 1. The molecule has 0 saturated carbocycles. The maximum Gasteiger partial charge on any atom is 0.181 e. The van der Waals surface area contributed by atoms with Crippen molar-refractivity contribution < 1.29 is 0 Å². The van der Waals surface area contributed by atoms with E-state index in [1.165, 1.54) is 11.3 Å². The zero-order valence-electron chi connectivity index (χ0n) is 6.66. The van der Waals surface area contributed by atoms with Gasteiger partial charge in [-0.25, -0.2) is 4.98 Å². The number of allylic oxidation sites excluding steroid dienone is 2. The van der Waals surface area contributed by atoms with Gasteiger partial charge in [0.15, 0.2) is 5.13 Å². The fourth-order valence-corrected chi connectivity index (χ4v) is 1.46. The minimum absolute atomic E-state index is 0.564. The second-order valence-corrected chi connectivity index (χ2v) is 3.16. The molecule has 0 aromatic carbocycles. The maximum atomic E-state index is 5.53. The molecular weight excluding hydrogens is 168 g/mol. The van der Waals surface area contributed by atoms with Gasteiger partial charge < -0.3 is 5.73 Å². The summed E-state index contributed by atoms with van der Waals surface area (Å²) in [4.78, 5) is 5.10. The first kappa shape index (κ1) is 8.74. The molecule has 0 unspecified atom stereocenters. The van der Waals surface area contributed by atoms with Gasteiger partial charge >= 0.3 is 0 Å². The van der Waals surface area contributed by atoms with Crippen molar-refractivity contribution in [3.05, 3.63) is 35.9 Å². The van der Waals surface area contributed by atoms with Crippen molar-refractivity contribution >= 4 is 28.6 Å². The van der Waals surface area contributed by atoms with Gasteiger partial charge in [-0.2, -0.15) is 0 Å². The Labute approximate surface area is 75.8 Å². The Morgan fingerprint density at radius 3 is 2.75 bits per heavy atom. The van der Waals surface area contributed by atoms with Crippen LogP contribution in [0.15, 0.2) is 25.3 Å². The number of nitrogen functional groups attached to an aromatic ring is 1. The number of anilines is 1. The topological polar surface area (TPSA) is 38.9 Å². The summed E-state index contributed by atoms with van der Waals surface area (Å²) in [5.74, 6) is 0. The molecule has 0 saturated heterocycles. The summed E-state index contributed by atoms with van der Waals surface area (Å²) in [6.45, 7) is 7.24. The lowest BCUT2D eigenvalue weighted by Crippen LogP contribution is -1.81. The van der Waals surface area contributed by atoms with Crippen LogP contribution in [0.4, 0.5) is 5.13 Å². The molecule has 0 aliphatic rings. The lowest BCUT2D eigenvalue weighted by molar-refractivity contribution is 1.38. The van der Waals surface area contributed by atoms with Crippen molar-refractivity contribution in [3.63, 3.8) is 0 Å². The van der Waals surface area contributed by atoms with E-state index in [0.717, 1.165) is 10.6 Å². The molecule has 2 N–H and O–H groups in total. The van der Waals surface area contributed by atoms with Gasteiger partial charge in [0.1, 0.15) is 0 Å². The normalized spacial score (nSPS) is 10.3. The zero-order valence-corrected chi connectivity index (χ0v) is 7.47. The average molecular weight is 178 g/mol. The molecule has 1 aromatic heterocycles. The standard InChI is InChI=1S/C9H10N2S/c1-3-5-6-7-8(4-2)12-9(10)11-7/h3-6H,1-2H2,(H2,10,11)/b6-5-. The molecular formula is C9H10N2S. The summed E-state index contributed by atoms with van der Waals surface area (Å²) < 4.78 is 0. The van der Waals surface area contributed by atoms with Crippen LogP contribution in [0.25, 0.3) is 12.2 Å². The monoisotopic (exact) mass is 178 g/mol. The molecule has 0 bridgehead atoms. The van der Waals surface area contributed by atoms with Crippen LogP contribution < -0.4 is 5.73 Å². The largest absolute Gasteiger partial charge is 0.375 e. The van der Waals surface area contributed by atoms with E-state index in [9.17, 15) is 0 Å². The molecule has 1 rings (SSSR count). The predicted octanol–water partition coefficient (Wildman–Crippen LogP) is 2.57. The van der Waals surface area contributed by atoms with Gasteiger partial charge in [0.2, 0.25) is 0 Å². The molecule has 0 aliphatic carbocycles. The van der Waals surface area contributed by atoms with Crippen LogP contribution in [0, 0.1) is 0 Å². The molecule has 0 amide bonds. The molecule has 2 nitrogen and oxygen atoms in total. The smallest absolute Gasteiger partial charge is 0.181 e. The third-order valence-electron chi connectivity index (χ3n) is 1.27. The molecule has 3 heteroatoms. The van der Waals surface area contributed by atoms with Crippen LogP contribution in [0.1, 0.15) is 10.6 Å². The van der Waals surface area contributed by atoms with E-state index in [1.807, 2.05) is 12.2 Å². The highest BCUT2D eigenvalue weighted by molar-refractivity contribution is 7.16. The third-order valence-corrected chi connectivity index (χ3v) is 2.17. The Hall–Kier alpha value is -1.35. The highest BCUT2D eigenvalue weighted by atomic mass is 32.1. The number of hydrogen-bond acceptors (Lipinski definition) is 3. The van der Waals surface area contributed by atoms with Crippen molar-refractivity contribution in [1.82, 2.24) is 4.98 Å². The van der Waals surface area contributed by atoms with Crippen molar-refractivity contribution in [1.29, 1.82) is 0 Å². The van der Waals surface area contributed by atoms with Gasteiger partial charge in [0, 0.05) is 0 Å². The van der Waals surface area contributed by atoms with Crippen LogP contribution in [0.2, 0.25) is 0 Å². The Balaban J connectivity index is 3.04. The van der Waals surface area contributed by atoms with Crippen molar-refractivity contribution in [2.45, 2.75) is 0 Å². The van der Waals surface area contributed by atoms with E-state index < -0.39 is 0 Å². The second-order valence-electron chi connectivity index (χ2n) is 2.10. The number of thiazole rings is 1. The molecule has 12 heavy (non-hydrogen) atoms. The number of rotatable bonds is 3. The fourth-order valence-electron chi connectivity index (χ4n) is 0.786. The van der Waals surface area contributed by atoms with E-state index in [2.05, 4.69) is 18.1 Å². The van der Waals surface area contributed by atoms with E-state index in [0.29, 0.717) is 5.13 Å². The highest BCUT2D eigenvalue weighted by Gasteiger charge is 2.01. The molecule has 0 spiro atoms. The number of nitrogens with two attached hydrogens (primary N) is 1. The van der Waals surface area contributed by atoms with Crippen molar-refractivity contribution in [2.24, 2.45) is 0 Å². The maximum absolute atomic E-state index is 5.53. The lowest BCUT2D eigenvalue weighted by Gasteiger charge is -1.84.